The molecule has 2 heterocycles. The van der Waals surface area contributed by atoms with Crippen LogP contribution in [0.4, 0.5) is 4.39 Å². The summed E-state index contributed by atoms with van der Waals surface area (Å²) in [6.45, 7) is 4.06. The SMILES string of the molecule is Cc1nc(-c2c(C)c3cc(F)ccc3n2-c2ccc(CNC(=O)C3(N)CC3)cc2)no1. The van der Waals surface area contributed by atoms with Crippen LogP contribution < -0.4 is 11.1 Å². The molecule has 0 spiro atoms. The van der Waals surface area contributed by atoms with Gasteiger partial charge in [0.05, 0.1) is 16.7 Å². The number of hydrogen-bond donors (Lipinski definition) is 2. The molecule has 0 aliphatic heterocycles. The zero-order valence-corrected chi connectivity index (χ0v) is 17.3. The Balaban J connectivity index is 1.54. The molecule has 1 aliphatic carbocycles. The number of rotatable bonds is 5. The van der Waals surface area contributed by atoms with E-state index in [1.54, 1.807) is 13.0 Å². The molecule has 5 rings (SSSR count). The van der Waals surface area contributed by atoms with Gasteiger partial charge in [-0.1, -0.05) is 17.3 Å². The van der Waals surface area contributed by atoms with Crippen molar-refractivity contribution in [1.82, 2.24) is 20.0 Å². The molecular weight excluding hydrogens is 397 g/mol. The summed E-state index contributed by atoms with van der Waals surface area (Å²) in [6, 6.07) is 12.5. The summed E-state index contributed by atoms with van der Waals surface area (Å²) in [5.41, 5.74) is 9.53. The fourth-order valence-corrected chi connectivity index (χ4v) is 3.83. The lowest BCUT2D eigenvalue weighted by atomic mass is 10.1. The van der Waals surface area contributed by atoms with E-state index in [0.717, 1.165) is 46.3 Å². The van der Waals surface area contributed by atoms with Crippen LogP contribution in [0.1, 0.15) is 29.9 Å². The highest BCUT2D eigenvalue weighted by molar-refractivity contribution is 5.92. The second-order valence-corrected chi connectivity index (χ2v) is 8.11. The van der Waals surface area contributed by atoms with Gasteiger partial charge in [0.25, 0.3) is 0 Å². The number of halogens is 1. The van der Waals surface area contributed by atoms with E-state index in [1.807, 2.05) is 35.8 Å². The molecule has 0 unspecified atom stereocenters. The highest BCUT2D eigenvalue weighted by atomic mass is 19.1. The van der Waals surface area contributed by atoms with Crippen molar-refractivity contribution in [3.63, 3.8) is 0 Å². The normalized spacial score (nSPS) is 14.7. The predicted molar refractivity (Wildman–Crippen MR) is 114 cm³/mol. The number of amides is 1. The highest BCUT2D eigenvalue weighted by Crippen LogP contribution is 2.35. The quantitative estimate of drug-likeness (QED) is 0.515. The number of fused-ring (bicyclic) bond motifs is 1. The lowest BCUT2D eigenvalue weighted by Gasteiger charge is -2.12. The number of carbonyl (C=O) groups excluding carboxylic acids is 1. The Morgan fingerprint density at radius 1 is 1.23 bits per heavy atom. The van der Waals surface area contributed by atoms with Crippen LogP contribution in [-0.4, -0.2) is 26.2 Å². The Bertz CT molecular complexity index is 1300. The van der Waals surface area contributed by atoms with Gasteiger partial charge in [-0.15, -0.1) is 0 Å². The number of carbonyl (C=O) groups is 1. The van der Waals surface area contributed by atoms with E-state index in [4.69, 9.17) is 10.3 Å². The Hall–Kier alpha value is -3.52. The van der Waals surface area contributed by atoms with Gasteiger partial charge in [0, 0.05) is 24.5 Å². The standard InChI is InChI=1S/C23H22FN5O2/c1-13-18-11-16(24)5-8-19(18)29(20(13)21-27-14(2)31-28-21)17-6-3-15(4-7-17)12-26-22(30)23(25)9-10-23/h3-8,11H,9-10,12,25H2,1-2H3,(H,26,30). The number of nitrogens with zero attached hydrogens (tertiary/aromatic N) is 3. The minimum absolute atomic E-state index is 0.111. The monoisotopic (exact) mass is 419 g/mol. The maximum atomic E-state index is 14.0. The van der Waals surface area contributed by atoms with Crippen LogP contribution in [0.15, 0.2) is 47.0 Å². The second kappa shape index (κ2) is 7.02. The molecule has 0 radical (unpaired) electrons. The van der Waals surface area contributed by atoms with Crippen LogP contribution in [0, 0.1) is 19.7 Å². The lowest BCUT2D eigenvalue weighted by molar-refractivity contribution is -0.123. The van der Waals surface area contributed by atoms with Crippen molar-refractivity contribution in [2.45, 2.75) is 38.8 Å². The van der Waals surface area contributed by atoms with Gasteiger partial charge >= 0.3 is 0 Å². The summed E-state index contributed by atoms with van der Waals surface area (Å²) in [7, 11) is 0. The topological polar surface area (TPSA) is 99.0 Å². The highest BCUT2D eigenvalue weighted by Gasteiger charge is 2.45. The molecular formula is C23H22FN5O2. The van der Waals surface area contributed by atoms with Crippen molar-refractivity contribution < 1.29 is 13.7 Å². The van der Waals surface area contributed by atoms with Crippen LogP contribution in [0.5, 0.6) is 0 Å². The molecule has 2 aromatic heterocycles. The minimum Gasteiger partial charge on any atom is -0.350 e. The van der Waals surface area contributed by atoms with Crippen LogP contribution in [0.2, 0.25) is 0 Å². The number of hydrogen-bond acceptors (Lipinski definition) is 5. The first-order chi connectivity index (χ1) is 14.9. The minimum atomic E-state index is -0.686. The number of nitrogens with two attached hydrogens (primary N) is 1. The average Bonchev–Trinajstić information content (AvgIpc) is 3.27. The van der Waals surface area contributed by atoms with Gasteiger partial charge < -0.3 is 20.1 Å². The van der Waals surface area contributed by atoms with Crippen LogP contribution in [0.25, 0.3) is 28.1 Å². The van der Waals surface area contributed by atoms with Gasteiger partial charge in [0.15, 0.2) is 0 Å². The van der Waals surface area contributed by atoms with E-state index in [9.17, 15) is 9.18 Å². The van der Waals surface area contributed by atoms with Gasteiger partial charge in [0.1, 0.15) is 5.82 Å². The molecule has 1 fully saturated rings. The number of aryl methyl sites for hydroxylation is 2. The molecule has 1 aliphatic rings. The summed E-state index contributed by atoms with van der Waals surface area (Å²) >= 11 is 0. The molecule has 4 aromatic rings. The maximum Gasteiger partial charge on any atom is 0.240 e. The Morgan fingerprint density at radius 2 is 1.97 bits per heavy atom. The Labute approximate surface area is 178 Å². The maximum absolute atomic E-state index is 14.0. The van der Waals surface area contributed by atoms with Gasteiger partial charge in [-0.05, 0) is 61.2 Å². The Morgan fingerprint density at radius 3 is 2.61 bits per heavy atom. The third-order valence-electron chi connectivity index (χ3n) is 5.81. The smallest absolute Gasteiger partial charge is 0.240 e. The van der Waals surface area contributed by atoms with Crippen molar-refractivity contribution >= 4 is 16.8 Å². The van der Waals surface area contributed by atoms with E-state index in [1.165, 1.54) is 12.1 Å². The summed E-state index contributed by atoms with van der Waals surface area (Å²) in [6.07, 6.45) is 1.47. The molecule has 0 bridgehead atoms. The van der Waals surface area contributed by atoms with Gasteiger partial charge in [-0.3, -0.25) is 4.79 Å². The summed E-state index contributed by atoms with van der Waals surface area (Å²) in [5.74, 6) is 0.487. The fourth-order valence-electron chi connectivity index (χ4n) is 3.83. The van der Waals surface area contributed by atoms with E-state index in [0.29, 0.717) is 18.3 Å². The first-order valence-corrected chi connectivity index (χ1v) is 10.1. The zero-order chi connectivity index (χ0) is 21.8. The molecule has 8 heteroatoms. The molecule has 0 atom stereocenters. The molecule has 1 saturated carbocycles. The first kappa shape index (κ1) is 19.4. The molecule has 158 valence electrons. The predicted octanol–water partition coefficient (Wildman–Crippen LogP) is 3.54. The van der Waals surface area contributed by atoms with E-state index in [2.05, 4.69) is 15.5 Å². The zero-order valence-electron chi connectivity index (χ0n) is 17.3. The molecule has 7 nitrogen and oxygen atoms in total. The summed E-state index contributed by atoms with van der Waals surface area (Å²) in [5, 5.41) is 7.77. The van der Waals surface area contributed by atoms with Crippen LogP contribution in [-0.2, 0) is 11.3 Å². The molecule has 1 amide bonds. The fraction of sp³-hybridized carbons (Fsp3) is 0.261. The van der Waals surface area contributed by atoms with Gasteiger partial charge in [-0.2, -0.15) is 4.98 Å². The van der Waals surface area contributed by atoms with E-state index in [-0.39, 0.29) is 11.7 Å². The molecule has 0 saturated heterocycles. The van der Waals surface area contributed by atoms with Crippen LogP contribution in [0.3, 0.4) is 0 Å². The van der Waals surface area contributed by atoms with Gasteiger partial charge in [0.2, 0.25) is 17.6 Å². The third kappa shape index (κ3) is 3.38. The lowest BCUT2D eigenvalue weighted by Crippen LogP contribution is -2.42. The number of aromatic nitrogens is 3. The number of benzene rings is 2. The van der Waals surface area contributed by atoms with Crippen LogP contribution >= 0.6 is 0 Å². The molecule has 31 heavy (non-hydrogen) atoms. The van der Waals surface area contributed by atoms with Crippen molar-refractivity contribution in [2.75, 3.05) is 0 Å². The second-order valence-electron chi connectivity index (χ2n) is 8.11. The largest absolute Gasteiger partial charge is 0.350 e. The van der Waals surface area contributed by atoms with Crippen molar-refractivity contribution in [3.8, 4) is 17.2 Å². The molecule has 2 aromatic carbocycles. The summed E-state index contributed by atoms with van der Waals surface area (Å²) in [4.78, 5) is 16.5. The van der Waals surface area contributed by atoms with Gasteiger partial charge in [-0.25, -0.2) is 4.39 Å². The molecule has 3 N–H and O–H groups in total. The third-order valence-corrected chi connectivity index (χ3v) is 5.81. The number of nitrogens with one attached hydrogen (secondary N) is 1. The van der Waals surface area contributed by atoms with E-state index < -0.39 is 5.54 Å². The first-order valence-electron chi connectivity index (χ1n) is 10.1. The average molecular weight is 419 g/mol. The van der Waals surface area contributed by atoms with E-state index >= 15 is 0 Å². The Kier molecular flexibility index (Phi) is 4.40. The van der Waals surface area contributed by atoms with Crippen molar-refractivity contribution in [2.24, 2.45) is 5.73 Å². The van der Waals surface area contributed by atoms with Crippen molar-refractivity contribution in [3.05, 3.63) is 65.3 Å². The van der Waals surface area contributed by atoms with Crippen molar-refractivity contribution in [1.29, 1.82) is 0 Å². The summed E-state index contributed by atoms with van der Waals surface area (Å²) < 4.78 is 21.1.